The summed E-state index contributed by atoms with van der Waals surface area (Å²) in [5.74, 6) is 1.61. The van der Waals surface area contributed by atoms with Gasteiger partial charge in [-0.15, -0.1) is 0 Å². The first-order chi connectivity index (χ1) is 12.8. The average molecular weight is 348 g/mol. The van der Waals surface area contributed by atoms with E-state index in [0.717, 1.165) is 31.7 Å². The number of rotatable bonds is 4. The smallest absolute Gasteiger partial charge is 0.251 e. The molecule has 0 atom stereocenters. The van der Waals surface area contributed by atoms with Crippen LogP contribution in [0.2, 0.25) is 0 Å². The highest BCUT2D eigenvalue weighted by Gasteiger charge is 2.22. The van der Waals surface area contributed by atoms with Gasteiger partial charge in [-0.25, -0.2) is 15.0 Å². The molecule has 1 N–H and O–H groups in total. The highest BCUT2D eigenvalue weighted by Crippen LogP contribution is 2.17. The highest BCUT2D eigenvalue weighted by molar-refractivity contribution is 5.94. The molecule has 1 aliphatic rings. The summed E-state index contributed by atoms with van der Waals surface area (Å²) in [6, 6.07) is 9.62. The van der Waals surface area contributed by atoms with Crippen LogP contribution in [0.3, 0.4) is 0 Å². The molecule has 7 heteroatoms. The normalized spacial score (nSPS) is 15.0. The second kappa shape index (κ2) is 7.35. The number of nitrogens with one attached hydrogen (secondary N) is 1. The third-order valence-corrected chi connectivity index (χ3v) is 4.58. The fraction of sp³-hybridized carbons (Fsp3) is 0.263. The first kappa shape index (κ1) is 16.3. The number of carbonyl (C=O) groups is 1. The third kappa shape index (κ3) is 3.56. The summed E-state index contributed by atoms with van der Waals surface area (Å²) in [4.78, 5) is 27.5. The van der Waals surface area contributed by atoms with E-state index < -0.39 is 0 Å². The number of hydrogen-bond donors (Lipinski definition) is 1. The minimum Gasteiger partial charge on any atom is -0.356 e. The van der Waals surface area contributed by atoms with Crippen LogP contribution in [0.5, 0.6) is 0 Å². The molecule has 1 saturated heterocycles. The SMILES string of the molecule is O=C(NC1CCN(c2ccccn2)CC1)c1ccnc(-n2ccnc2)c1. The zero-order chi connectivity index (χ0) is 17.8. The van der Waals surface area contributed by atoms with Gasteiger partial charge < -0.3 is 10.2 Å². The summed E-state index contributed by atoms with van der Waals surface area (Å²) in [5, 5.41) is 3.14. The van der Waals surface area contributed by atoms with Crippen LogP contribution in [0.25, 0.3) is 5.82 Å². The Balaban J connectivity index is 1.37. The number of anilines is 1. The maximum absolute atomic E-state index is 12.6. The lowest BCUT2D eigenvalue weighted by atomic mass is 10.0. The van der Waals surface area contributed by atoms with Crippen LogP contribution in [0.15, 0.2) is 61.4 Å². The molecule has 3 aromatic heterocycles. The molecule has 132 valence electrons. The Hall–Kier alpha value is -3.22. The van der Waals surface area contributed by atoms with Crippen LogP contribution < -0.4 is 10.2 Å². The summed E-state index contributed by atoms with van der Waals surface area (Å²) in [7, 11) is 0. The maximum atomic E-state index is 12.6. The van der Waals surface area contributed by atoms with Gasteiger partial charge in [-0.3, -0.25) is 9.36 Å². The van der Waals surface area contributed by atoms with Crippen molar-refractivity contribution in [3.63, 3.8) is 0 Å². The van der Waals surface area contributed by atoms with E-state index in [1.807, 2.05) is 24.4 Å². The van der Waals surface area contributed by atoms with Crippen molar-refractivity contribution in [3.05, 3.63) is 67.0 Å². The van der Waals surface area contributed by atoms with E-state index in [0.29, 0.717) is 11.4 Å². The average Bonchev–Trinajstić information content (AvgIpc) is 3.24. The Morgan fingerprint density at radius 3 is 2.62 bits per heavy atom. The molecule has 7 nitrogen and oxygen atoms in total. The first-order valence-electron chi connectivity index (χ1n) is 8.71. The lowest BCUT2D eigenvalue weighted by Crippen LogP contribution is -2.45. The van der Waals surface area contributed by atoms with Crippen LogP contribution in [0.1, 0.15) is 23.2 Å². The molecule has 0 bridgehead atoms. The molecule has 0 unspecified atom stereocenters. The van der Waals surface area contributed by atoms with Crippen molar-refractivity contribution in [1.29, 1.82) is 0 Å². The third-order valence-electron chi connectivity index (χ3n) is 4.58. The van der Waals surface area contributed by atoms with Crippen molar-refractivity contribution in [3.8, 4) is 5.82 Å². The van der Waals surface area contributed by atoms with E-state index >= 15 is 0 Å². The molecule has 0 saturated carbocycles. The Labute approximate surface area is 151 Å². The van der Waals surface area contributed by atoms with E-state index in [2.05, 4.69) is 25.2 Å². The Morgan fingerprint density at radius 1 is 1.04 bits per heavy atom. The molecule has 4 rings (SSSR count). The van der Waals surface area contributed by atoms with Crippen LogP contribution in [-0.2, 0) is 0 Å². The van der Waals surface area contributed by atoms with Crippen molar-refractivity contribution < 1.29 is 4.79 Å². The van der Waals surface area contributed by atoms with Gasteiger partial charge in [0.15, 0.2) is 0 Å². The van der Waals surface area contributed by atoms with Crippen LogP contribution in [0.4, 0.5) is 5.82 Å². The van der Waals surface area contributed by atoms with E-state index in [4.69, 9.17) is 0 Å². The second-order valence-corrected chi connectivity index (χ2v) is 6.30. The molecular formula is C19H20N6O. The number of carbonyl (C=O) groups excluding carboxylic acids is 1. The minimum atomic E-state index is -0.0648. The zero-order valence-corrected chi connectivity index (χ0v) is 14.3. The van der Waals surface area contributed by atoms with Gasteiger partial charge in [-0.2, -0.15) is 0 Å². The monoisotopic (exact) mass is 348 g/mol. The van der Waals surface area contributed by atoms with Crippen molar-refractivity contribution in [2.24, 2.45) is 0 Å². The number of hydrogen-bond acceptors (Lipinski definition) is 5. The predicted molar refractivity (Wildman–Crippen MR) is 98.3 cm³/mol. The number of nitrogens with zero attached hydrogens (tertiary/aromatic N) is 5. The van der Waals surface area contributed by atoms with Gasteiger partial charge in [0.1, 0.15) is 18.0 Å². The molecule has 1 aliphatic heterocycles. The van der Waals surface area contributed by atoms with Gasteiger partial charge in [0, 0.05) is 49.5 Å². The zero-order valence-electron chi connectivity index (χ0n) is 14.3. The predicted octanol–water partition coefficient (Wildman–Crippen LogP) is 2.06. The summed E-state index contributed by atoms with van der Waals surface area (Å²) in [6.07, 6.45) is 10.4. The van der Waals surface area contributed by atoms with Gasteiger partial charge in [-0.05, 0) is 37.1 Å². The maximum Gasteiger partial charge on any atom is 0.251 e. The lowest BCUT2D eigenvalue weighted by Gasteiger charge is -2.33. The molecule has 4 heterocycles. The van der Waals surface area contributed by atoms with Crippen LogP contribution >= 0.6 is 0 Å². The summed E-state index contributed by atoms with van der Waals surface area (Å²) in [5.41, 5.74) is 0.607. The lowest BCUT2D eigenvalue weighted by molar-refractivity contribution is 0.0931. The van der Waals surface area contributed by atoms with E-state index in [9.17, 15) is 4.79 Å². The second-order valence-electron chi connectivity index (χ2n) is 6.30. The summed E-state index contributed by atoms with van der Waals surface area (Å²) >= 11 is 0. The van der Waals surface area contributed by atoms with Crippen molar-refractivity contribution in [2.45, 2.75) is 18.9 Å². The number of piperidine rings is 1. The molecule has 3 aromatic rings. The number of pyridine rings is 2. The molecule has 1 amide bonds. The van der Waals surface area contributed by atoms with Gasteiger partial charge >= 0.3 is 0 Å². The van der Waals surface area contributed by atoms with Gasteiger partial charge in [-0.1, -0.05) is 6.07 Å². The van der Waals surface area contributed by atoms with Crippen molar-refractivity contribution >= 4 is 11.7 Å². The largest absolute Gasteiger partial charge is 0.356 e. The molecule has 0 radical (unpaired) electrons. The van der Waals surface area contributed by atoms with E-state index in [1.54, 1.807) is 41.6 Å². The Morgan fingerprint density at radius 2 is 1.88 bits per heavy atom. The van der Waals surface area contributed by atoms with Crippen LogP contribution in [-0.4, -0.2) is 44.6 Å². The summed E-state index contributed by atoms with van der Waals surface area (Å²) in [6.45, 7) is 1.77. The van der Waals surface area contributed by atoms with Gasteiger partial charge in [0.2, 0.25) is 0 Å². The van der Waals surface area contributed by atoms with E-state index in [1.165, 1.54) is 0 Å². The molecule has 0 aliphatic carbocycles. The Kier molecular flexibility index (Phi) is 4.59. The first-order valence-corrected chi connectivity index (χ1v) is 8.71. The number of amides is 1. The standard InChI is InChI=1S/C19H20N6O/c26-19(15-4-8-22-18(13-15)25-12-9-20-14-25)23-16-5-10-24(11-6-16)17-3-1-2-7-21-17/h1-4,7-9,12-14,16H,5-6,10-11H2,(H,23,26). The van der Waals surface area contributed by atoms with E-state index in [-0.39, 0.29) is 11.9 Å². The molecular weight excluding hydrogens is 328 g/mol. The highest BCUT2D eigenvalue weighted by atomic mass is 16.1. The summed E-state index contributed by atoms with van der Waals surface area (Å²) < 4.78 is 1.78. The fourth-order valence-electron chi connectivity index (χ4n) is 3.16. The number of aromatic nitrogens is 4. The van der Waals surface area contributed by atoms with Crippen molar-refractivity contribution in [1.82, 2.24) is 24.8 Å². The fourth-order valence-corrected chi connectivity index (χ4v) is 3.16. The minimum absolute atomic E-state index is 0.0648. The molecule has 26 heavy (non-hydrogen) atoms. The van der Waals surface area contributed by atoms with Crippen LogP contribution in [0, 0.1) is 0 Å². The molecule has 0 spiro atoms. The Bertz CT molecular complexity index is 857. The molecule has 1 fully saturated rings. The van der Waals surface area contributed by atoms with Gasteiger partial charge in [0.05, 0.1) is 0 Å². The molecule has 0 aromatic carbocycles. The van der Waals surface area contributed by atoms with Gasteiger partial charge in [0.25, 0.3) is 5.91 Å². The quantitative estimate of drug-likeness (QED) is 0.781. The number of imidazole rings is 1. The van der Waals surface area contributed by atoms with Crippen molar-refractivity contribution in [2.75, 3.05) is 18.0 Å². The topological polar surface area (TPSA) is 75.9 Å².